The first-order valence-corrected chi connectivity index (χ1v) is 8.42. The van der Waals surface area contributed by atoms with Gasteiger partial charge in [0.05, 0.1) is 11.0 Å². The zero-order valence-electron chi connectivity index (χ0n) is 13.6. The van der Waals surface area contributed by atoms with E-state index >= 15 is 0 Å². The van der Waals surface area contributed by atoms with Gasteiger partial charge in [-0.1, -0.05) is 72.8 Å². The lowest BCUT2D eigenvalue weighted by molar-refractivity contribution is 1.11. The second-order valence-corrected chi connectivity index (χ2v) is 6.16. The van der Waals surface area contributed by atoms with Crippen molar-refractivity contribution in [3.63, 3.8) is 0 Å². The van der Waals surface area contributed by atoms with Crippen LogP contribution in [0.3, 0.4) is 0 Å². The Morgan fingerprint density at radius 2 is 1.32 bits per heavy atom. The van der Waals surface area contributed by atoms with Crippen LogP contribution in [0.15, 0.2) is 97.1 Å². The smallest absolute Gasteiger partial charge is 0.145 e. The summed E-state index contributed by atoms with van der Waals surface area (Å²) in [5, 5.41) is 2.48. The Morgan fingerprint density at radius 1 is 0.600 bits per heavy atom. The normalized spacial score (nSPS) is 11.2. The number of hydrogen-bond donors (Lipinski definition) is 0. The lowest BCUT2D eigenvalue weighted by atomic mass is 10.1. The quantitative estimate of drug-likeness (QED) is 0.399. The van der Waals surface area contributed by atoms with E-state index in [2.05, 4.69) is 89.5 Å². The second kappa shape index (κ2) is 5.60. The third kappa shape index (κ3) is 2.31. The molecular weight excluding hydrogens is 304 g/mol. The minimum atomic E-state index is 0.970. The summed E-state index contributed by atoms with van der Waals surface area (Å²) in [5.41, 5.74) is 4.38. The SMILES string of the molecule is c1ccc(-c2nc3ccccc3n2-c2ccc3ccccc3c2)cc1. The molecule has 5 rings (SSSR count). The Hall–Kier alpha value is -3.39. The molecule has 0 spiro atoms. The molecule has 0 amide bonds. The maximum absolute atomic E-state index is 4.90. The van der Waals surface area contributed by atoms with Crippen molar-refractivity contribution in [1.82, 2.24) is 9.55 Å². The van der Waals surface area contributed by atoms with Gasteiger partial charge < -0.3 is 0 Å². The number of imidazole rings is 1. The highest BCUT2D eigenvalue weighted by atomic mass is 15.1. The molecule has 0 aliphatic rings. The van der Waals surface area contributed by atoms with Gasteiger partial charge in [-0.3, -0.25) is 4.57 Å². The predicted octanol–water partition coefficient (Wildman–Crippen LogP) is 5.85. The van der Waals surface area contributed by atoms with E-state index in [0.29, 0.717) is 0 Å². The minimum absolute atomic E-state index is 0.970. The first-order chi connectivity index (χ1) is 12.4. The highest BCUT2D eigenvalue weighted by molar-refractivity contribution is 5.87. The fraction of sp³-hybridized carbons (Fsp3) is 0. The molecule has 1 heterocycles. The van der Waals surface area contributed by atoms with Crippen LogP contribution in [0.25, 0.3) is 38.9 Å². The van der Waals surface area contributed by atoms with Gasteiger partial charge in [0.25, 0.3) is 0 Å². The lowest BCUT2D eigenvalue weighted by Crippen LogP contribution is -1.97. The van der Waals surface area contributed by atoms with E-state index in [1.165, 1.54) is 10.8 Å². The van der Waals surface area contributed by atoms with Gasteiger partial charge >= 0.3 is 0 Å². The Kier molecular flexibility index (Phi) is 3.14. The van der Waals surface area contributed by atoms with E-state index in [0.717, 1.165) is 28.1 Å². The third-order valence-corrected chi connectivity index (χ3v) is 4.58. The molecule has 118 valence electrons. The van der Waals surface area contributed by atoms with Gasteiger partial charge in [0, 0.05) is 11.3 Å². The first kappa shape index (κ1) is 14.0. The summed E-state index contributed by atoms with van der Waals surface area (Å²) < 4.78 is 2.25. The third-order valence-electron chi connectivity index (χ3n) is 4.58. The summed E-state index contributed by atoms with van der Waals surface area (Å²) >= 11 is 0. The van der Waals surface area contributed by atoms with Crippen LogP contribution in [0.1, 0.15) is 0 Å². The van der Waals surface area contributed by atoms with Crippen molar-refractivity contribution >= 4 is 21.8 Å². The number of fused-ring (bicyclic) bond motifs is 2. The Morgan fingerprint density at radius 3 is 2.20 bits per heavy atom. The molecular formula is C23H16N2. The van der Waals surface area contributed by atoms with Crippen LogP contribution in [0.5, 0.6) is 0 Å². The van der Waals surface area contributed by atoms with Crippen molar-refractivity contribution < 1.29 is 0 Å². The van der Waals surface area contributed by atoms with Gasteiger partial charge in [0.2, 0.25) is 0 Å². The van der Waals surface area contributed by atoms with Crippen LogP contribution in [0.2, 0.25) is 0 Å². The van der Waals surface area contributed by atoms with Crippen LogP contribution >= 0.6 is 0 Å². The van der Waals surface area contributed by atoms with E-state index in [4.69, 9.17) is 4.98 Å². The van der Waals surface area contributed by atoms with Crippen molar-refractivity contribution in [2.24, 2.45) is 0 Å². The van der Waals surface area contributed by atoms with Crippen LogP contribution in [-0.2, 0) is 0 Å². The molecule has 25 heavy (non-hydrogen) atoms. The van der Waals surface area contributed by atoms with Gasteiger partial charge in [-0.25, -0.2) is 4.98 Å². The lowest BCUT2D eigenvalue weighted by Gasteiger charge is -2.11. The average molecular weight is 320 g/mol. The Labute approximate surface area is 146 Å². The Balaban J connectivity index is 1.84. The molecule has 0 atom stereocenters. The summed E-state index contributed by atoms with van der Waals surface area (Å²) in [6.07, 6.45) is 0. The fourth-order valence-corrected chi connectivity index (χ4v) is 3.38. The molecule has 0 unspecified atom stereocenters. The minimum Gasteiger partial charge on any atom is -0.292 e. The topological polar surface area (TPSA) is 17.8 Å². The molecule has 2 nitrogen and oxygen atoms in total. The van der Waals surface area contributed by atoms with Crippen molar-refractivity contribution in [1.29, 1.82) is 0 Å². The standard InChI is InChI=1S/C23H16N2/c1-2-9-18(10-3-1)23-24-21-12-6-7-13-22(21)25(23)20-15-14-17-8-4-5-11-19(17)16-20/h1-16H. The van der Waals surface area contributed by atoms with Gasteiger partial charge in [-0.05, 0) is 35.0 Å². The number of para-hydroxylation sites is 2. The van der Waals surface area contributed by atoms with E-state index in [-0.39, 0.29) is 0 Å². The maximum atomic E-state index is 4.90. The molecule has 0 radical (unpaired) electrons. The zero-order valence-corrected chi connectivity index (χ0v) is 13.6. The molecule has 0 N–H and O–H groups in total. The maximum Gasteiger partial charge on any atom is 0.145 e. The van der Waals surface area contributed by atoms with Gasteiger partial charge in [-0.2, -0.15) is 0 Å². The molecule has 2 heteroatoms. The van der Waals surface area contributed by atoms with E-state index in [1.807, 2.05) is 12.1 Å². The summed E-state index contributed by atoms with van der Waals surface area (Å²) in [7, 11) is 0. The number of benzene rings is 4. The molecule has 0 fully saturated rings. The van der Waals surface area contributed by atoms with E-state index < -0.39 is 0 Å². The molecule has 0 aliphatic carbocycles. The molecule has 1 aromatic heterocycles. The molecule has 0 saturated heterocycles. The highest BCUT2D eigenvalue weighted by Crippen LogP contribution is 2.29. The summed E-state index contributed by atoms with van der Waals surface area (Å²) in [6, 6.07) is 33.7. The van der Waals surface area contributed by atoms with Crippen molar-refractivity contribution in [2.45, 2.75) is 0 Å². The fourth-order valence-electron chi connectivity index (χ4n) is 3.38. The van der Waals surface area contributed by atoms with Crippen molar-refractivity contribution in [3.8, 4) is 17.1 Å². The number of aromatic nitrogens is 2. The van der Waals surface area contributed by atoms with E-state index in [9.17, 15) is 0 Å². The summed E-state index contributed by atoms with van der Waals surface area (Å²) in [5.74, 6) is 0.970. The molecule has 0 aliphatic heterocycles. The van der Waals surface area contributed by atoms with Crippen molar-refractivity contribution in [3.05, 3.63) is 97.1 Å². The summed E-state index contributed by atoms with van der Waals surface area (Å²) in [6.45, 7) is 0. The van der Waals surface area contributed by atoms with Gasteiger partial charge in [0.15, 0.2) is 0 Å². The number of nitrogens with zero attached hydrogens (tertiary/aromatic N) is 2. The van der Waals surface area contributed by atoms with Crippen LogP contribution in [0.4, 0.5) is 0 Å². The van der Waals surface area contributed by atoms with Gasteiger partial charge in [0.1, 0.15) is 5.82 Å². The second-order valence-electron chi connectivity index (χ2n) is 6.16. The summed E-state index contributed by atoms with van der Waals surface area (Å²) in [4.78, 5) is 4.90. The van der Waals surface area contributed by atoms with Crippen molar-refractivity contribution in [2.75, 3.05) is 0 Å². The highest BCUT2D eigenvalue weighted by Gasteiger charge is 2.13. The van der Waals surface area contributed by atoms with Crippen LogP contribution < -0.4 is 0 Å². The van der Waals surface area contributed by atoms with Gasteiger partial charge in [-0.15, -0.1) is 0 Å². The predicted molar refractivity (Wildman–Crippen MR) is 104 cm³/mol. The Bertz CT molecular complexity index is 1190. The van der Waals surface area contributed by atoms with E-state index in [1.54, 1.807) is 0 Å². The monoisotopic (exact) mass is 320 g/mol. The molecule has 0 saturated carbocycles. The number of rotatable bonds is 2. The number of hydrogen-bond acceptors (Lipinski definition) is 1. The molecule has 5 aromatic rings. The first-order valence-electron chi connectivity index (χ1n) is 8.42. The van der Waals surface area contributed by atoms with Crippen LogP contribution in [-0.4, -0.2) is 9.55 Å². The largest absolute Gasteiger partial charge is 0.292 e. The zero-order chi connectivity index (χ0) is 16.6. The average Bonchev–Trinajstić information content (AvgIpc) is 3.08. The molecule has 0 bridgehead atoms. The van der Waals surface area contributed by atoms with Crippen LogP contribution in [0, 0.1) is 0 Å². The molecule has 4 aromatic carbocycles.